The monoisotopic (exact) mass is 292 g/mol. The number of hydrogen-bond donors (Lipinski definition) is 3. The summed E-state index contributed by atoms with van der Waals surface area (Å²) in [7, 11) is 0. The zero-order valence-electron chi connectivity index (χ0n) is 13.3. The Balaban J connectivity index is 2.54. The lowest BCUT2D eigenvalue weighted by atomic mass is 9.86. The van der Waals surface area contributed by atoms with E-state index < -0.39 is 11.1 Å². The lowest BCUT2D eigenvalue weighted by Gasteiger charge is -2.38. The molecule has 0 unspecified atom stereocenters. The van der Waals surface area contributed by atoms with Gasteiger partial charge in [0.2, 0.25) is 5.91 Å². The molecule has 3 N–H and O–H groups in total. The van der Waals surface area contributed by atoms with Crippen molar-refractivity contribution >= 4 is 11.8 Å². The van der Waals surface area contributed by atoms with Gasteiger partial charge in [-0.15, -0.1) is 0 Å². The van der Waals surface area contributed by atoms with Crippen LogP contribution in [-0.2, 0) is 4.79 Å². The molecule has 21 heavy (non-hydrogen) atoms. The van der Waals surface area contributed by atoms with Crippen LogP contribution >= 0.6 is 0 Å². The Morgan fingerprint density at radius 3 is 2.10 bits per heavy atom. The molecule has 0 radical (unpaired) electrons. The van der Waals surface area contributed by atoms with E-state index >= 15 is 0 Å². The van der Waals surface area contributed by atoms with Crippen LogP contribution in [0.15, 0.2) is 24.3 Å². The van der Waals surface area contributed by atoms with E-state index in [1.54, 1.807) is 39.8 Å². The number of carbonyl (C=O) groups is 2. The molecule has 1 aromatic carbocycles. The maximum atomic E-state index is 11.9. The fourth-order valence-electron chi connectivity index (χ4n) is 1.51. The van der Waals surface area contributed by atoms with Crippen LogP contribution in [0.1, 0.15) is 43.6 Å². The first-order chi connectivity index (χ1) is 9.53. The van der Waals surface area contributed by atoms with Gasteiger partial charge in [-0.05, 0) is 46.8 Å². The van der Waals surface area contributed by atoms with Gasteiger partial charge >= 0.3 is 0 Å². The van der Waals surface area contributed by atoms with Gasteiger partial charge in [-0.1, -0.05) is 17.7 Å². The summed E-state index contributed by atoms with van der Waals surface area (Å²) in [6.07, 6.45) is 0. The SMILES string of the molecule is Cc1ccc(C(=O)NCC(=O)NC(C)(C)C(C)(C)O)cc1. The summed E-state index contributed by atoms with van der Waals surface area (Å²) in [5.41, 5.74) is -0.283. The zero-order chi connectivity index (χ0) is 16.3. The first-order valence-electron chi connectivity index (χ1n) is 6.91. The molecule has 0 aliphatic heterocycles. The molecule has 1 rings (SSSR count). The largest absolute Gasteiger partial charge is 0.388 e. The predicted octanol–water partition coefficient (Wildman–Crippen LogP) is 1.39. The molecule has 0 saturated heterocycles. The topological polar surface area (TPSA) is 78.4 Å². The quantitative estimate of drug-likeness (QED) is 0.767. The zero-order valence-corrected chi connectivity index (χ0v) is 13.3. The minimum atomic E-state index is -1.07. The third kappa shape index (κ3) is 4.86. The minimum Gasteiger partial charge on any atom is -0.388 e. The van der Waals surface area contributed by atoms with Crippen molar-refractivity contribution in [2.45, 2.75) is 45.8 Å². The number of nitrogens with one attached hydrogen (secondary N) is 2. The standard InChI is InChI=1S/C16H24N2O3/c1-11-6-8-12(9-7-11)14(20)17-10-13(19)18-15(2,3)16(4,5)21/h6-9,21H,10H2,1-5H3,(H,17,20)(H,18,19). The van der Waals surface area contributed by atoms with Crippen LogP contribution in [-0.4, -0.2) is 34.6 Å². The molecule has 5 heteroatoms. The van der Waals surface area contributed by atoms with Crippen LogP contribution in [0.3, 0.4) is 0 Å². The highest BCUT2D eigenvalue weighted by atomic mass is 16.3. The van der Waals surface area contributed by atoms with Crippen molar-refractivity contribution in [1.82, 2.24) is 10.6 Å². The van der Waals surface area contributed by atoms with Gasteiger partial charge in [-0.3, -0.25) is 9.59 Å². The van der Waals surface area contributed by atoms with Gasteiger partial charge in [0.1, 0.15) is 0 Å². The Labute approximate surface area is 125 Å². The fourth-order valence-corrected chi connectivity index (χ4v) is 1.51. The number of carbonyl (C=O) groups excluding carboxylic acids is 2. The second-order valence-electron chi connectivity index (χ2n) is 6.28. The highest BCUT2D eigenvalue weighted by molar-refractivity contribution is 5.96. The van der Waals surface area contributed by atoms with Crippen molar-refractivity contribution in [3.05, 3.63) is 35.4 Å². The predicted molar refractivity (Wildman–Crippen MR) is 82.0 cm³/mol. The molecule has 0 fully saturated rings. The van der Waals surface area contributed by atoms with E-state index in [1.165, 1.54) is 0 Å². The van der Waals surface area contributed by atoms with Crippen LogP contribution in [0.4, 0.5) is 0 Å². The average molecular weight is 292 g/mol. The second kappa shape index (κ2) is 6.26. The second-order valence-corrected chi connectivity index (χ2v) is 6.28. The molecule has 0 bridgehead atoms. The Morgan fingerprint density at radius 1 is 1.10 bits per heavy atom. The van der Waals surface area contributed by atoms with E-state index in [9.17, 15) is 14.7 Å². The summed E-state index contributed by atoms with van der Waals surface area (Å²) in [5, 5.41) is 15.2. The summed E-state index contributed by atoms with van der Waals surface area (Å²) < 4.78 is 0. The molecule has 0 saturated carbocycles. The van der Waals surface area contributed by atoms with Crippen molar-refractivity contribution in [2.75, 3.05) is 6.54 Å². The molecule has 116 valence electrons. The van der Waals surface area contributed by atoms with Gasteiger partial charge in [0.05, 0.1) is 17.7 Å². The number of amides is 2. The van der Waals surface area contributed by atoms with E-state index in [1.807, 2.05) is 19.1 Å². The van der Waals surface area contributed by atoms with Gasteiger partial charge < -0.3 is 15.7 Å². The first-order valence-corrected chi connectivity index (χ1v) is 6.91. The molecule has 0 aliphatic rings. The maximum Gasteiger partial charge on any atom is 0.251 e. The van der Waals surface area contributed by atoms with E-state index in [4.69, 9.17) is 0 Å². The molecule has 0 atom stereocenters. The molecule has 0 spiro atoms. The molecule has 0 aromatic heterocycles. The normalized spacial score (nSPS) is 11.9. The van der Waals surface area contributed by atoms with Crippen LogP contribution in [0, 0.1) is 6.92 Å². The van der Waals surface area contributed by atoms with Gasteiger partial charge in [-0.2, -0.15) is 0 Å². The number of rotatable bonds is 5. The molecule has 1 aromatic rings. The van der Waals surface area contributed by atoms with Crippen LogP contribution in [0.25, 0.3) is 0 Å². The van der Waals surface area contributed by atoms with Gasteiger partial charge in [0.15, 0.2) is 0 Å². The first kappa shape index (κ1) is 17.2. The van der Waals surface area contributed by atoms with E-state index in [0.29, 0.717) is 5.56 Å². The molecule has 0 aliphatic carbocycles. The summed E-state index contributed by atoms with van der Waals surface area (Å²) in [5.74, 6) is -0.645. The molecular weight excluding hydrogens is 268 g/mol. The van der Waals surface area contributed by atoms with Gasteiger partial charge in [-0.25, -0.2) is 0 Å². The Bertz CT molecular complexity index is 513. The molecule has 0 heterocycles. The smallest absolute Gasteiger partial charge is 0.251 e. The average Bonchev–Trinajstić information content (AvgIpc) is 2.35. The molecule has 5 nitrogen and oxygen atoms in total. The van der Waals surface area contributed by atoms with Crippen molar-refractivity contribution in [3.63, 3.8) is 0 Å². The van der Waals surface area contributed by atoms with E-state index in [-0.39, 0.29) is 18.4 Å². The third-order valence-corrected chi connectivity index (χ3v) is 3.70. The van der Waals surface area contributed by atoms with Gasteiger partial charge in [0, 0.05) is 5.56 Å². The Morgan fingerprint density at radius 2 is 1.62 bits per heavy atom. The Hall–Kier alpha value is -1.88. The van der Waals surface area contributed by atoms with Crippen LogP contribution in [0.2, 0.25) is 0 Å². The summed E-state index contributed by atoms with van der Waals surface area (Å²) in [6, 6.07) is 7.10. The number of aryl methyl sites for hydroxylation is 1. The summed E-state index contributed by atoms with van der Waals surface area (Å²) >= 11 is 0. The fraction of sp³-hybridized carbons (Fsp3) is 0.500. The Kier molecular flexibility index (Phi) is 5.12. The number of benzene rings is 1. The minimum absolute atomic E-state index is 0.133. The van der Waals surface area contributed by atoms with E-state index in [0.717, 1.165) is 5.56 Å². The van der Waals surface area contributed by atoms with Crippen molar-refractivity contribution in [3.8, 4) is 0 Å². The lowest BCUT2D eigenvalue weighted by Crippen LogP contribution is -2.59. The van der Waals surface area contributed by atoms with Crippen LogP contribution in [0.5, 0.6) is 0 Å². The molecular formula is C16H24N2O3. The molecule has 2 amide bonds. The third-order valence-electron chi connectivity index (χ3n) is 3.70. The summed E-state index contributed by atoms with van der Waals surface area (Å²) in [4.78, 5) is 23.7. The number of aliphatic hydroxyl groups is 1. The maximum absolute atomic E-state index is 11.9. The number of hydrogen-bond acceptors (Lipinski definition) is 3. The summed E-state index contributed by atoms with van der Waals surface area (Å²) in [6.45, 7) is 8.51. The highest BCUT2D eigenvalue weighted by Gasteiger charge is 2.36. The van der Waals surface area contributed by atoms with Crippen molar-refractivity contribution < 1.29 is 14.7 Å². The van der Waals surface area contributed by atoms with Crippen LogP contribution < -0.4 is 10.6 Å². The highest BCUT2D eigenvalue weighted by Crippen LogP contribution is 2.20. The lowest BCUT2D eigenvalue weighted by molar-refractivity contribution is -0.125. The van der Waals surface area contributed by atoms with E-state index in [2.05, 4.69) is 10.6 Å². The van der Waals surface area contributed by atoms with Crippen molar-refractivity contribution in [2.24, 2.45) is 0 Å². The van der Waals surface area contributed by atoms with Gasteiger partial charge in [0.25, 0.3) is 5.91 Å². The van der Waals surface area contributed by atoms with Crippen molar-refractivity contribution in [1.29, 1.82) is 0 Å².